The molecular formula is C28H39NO4S. The van der Waals surface area contributed by atoms with Gasteiger partial charge in [0.15, 0.2) is 0 Å². The normalized spacial score (nSPS) is 18.2. The Bertz CT molecular complexity index is 1060. The van der Waals surface area contributed by atoms with Crippen molar-refractivity contribution < 1.29 is 17.9 Å². The van der Waals surface area contributed by atoms with Gasteiger partial charge in [0.2, 0.25) is 0 Å². The number of hydrogen-bond donors (Lipinski definition) is 1. The molecule has 1 N–H and O–H groups in total. The highest BCUT2D eigenvalue weighted by molar-refractivity contribution is 7.91. The molecule has 3 rings (SSSR count). The SMILES string of the molecule is CCS(=O)(=O)CCCCc1ccc2c(c1)C(Cc1ccccc1)C(NC(=O)OC(C)(C)C)CC2. The van der Waals surface area contributed by atoms with Gasteiger partial charge >= 0.3 is 6.09 Å². The lowest BCUT2D eigenvalue weighted by Crippen LogP contribution is -2.44. The van der Waals surface area contributed by atoms with Gasteiger partial charge in [0.05, 0.1) is 5.75 Å². The summed E-state index contributed by atoms with van der Waals surface area (Å²) in [4.78, 5) is 12.6. The number of carbonyl (C=O) groups excluding carboxylic acids is 1. The second-order valence-electron chi connectivity index (χ2n) is 10.3. The Labute approximate surface area is 205 Å². The maximum atomic E-state index is 12.6. The minimum absolute atomic E-state index is 0.00694. The zero-order valence-electron chi connectivity index (χ0n) is 21.0. The molecule has 1 amide bonds. The molecule has 0 fully saturated rings. The fourth-order valence-electron chi connectivity index (χ4n) is 4.65. The number of hydrogen-bond acceptors (Lipinski definition) is 4. The zero-order chi connectivity index (χ0) is 24.8. The van der Waals surface area contributed by atoms with Gasteiger partial charge in [-0.1, -0.05) is 55.5 Å². The molecule has 0 saturated carbocycles. The van der Waals surface area contributed by atoms with Crippen molar-refractivity contribution in [3.8, 4) is 0 Å². The lowest BCUT2D eigenvalue weighted by atomic mass is 9.75. The average Bonchev–Trinajstić information content (AvgIpc) is 2.78. The van der Waals surface area contributed by atoms with Crippen molar-refractivity contribution in [2.24, 2.45) is 0 Å². The van der Waals surface area contributed by atoms with Gasteiger partial charge in [0, 0.05) is 17.7 Å². The lowest BCUT2D eigenvalue weighted by molar-refractivity contribution is 0.0491. The highest BCUT2D eigenvalue weighted by Gasteiger charge is 2.32. The van der Waals surface area contributed by atoms with Crippen LogP contribution >= 0.6 is 0 Å². The van der Waals surface area contributed by atoms with Crippen molar-refractivity contribution >= 4 is 15.9 Å². The number of carbonyl (C=O) groups is 1. The van der Waals surface area contributed by atoms with Crippen molar-refractivity contribution in [3.05, 3.63) is 70.8 Å². The van der Waals surface area contributed by atoms with E-state index in [4.69, 9.17) is 4.74 Å². The Balaban J connectivity index is 1.78. The Morgan fingerprint density at radius 1 is 1.06 bits per heavy atom. The van der Waals surface area contributed by atoms with E-state index in [2.05, 4.69) is 47.8 Å². The monoisotopic (exact) mass is 485 g/mol. The van der Waals surface area contributed by atoms with Crippen molar-refractivity contribution in [1.82, 2.24) is 5.32 Å². The summed E-state index contributed by atoms with van der Waals surface area (Å²) < 4.78 is 29.1. The van der Waals surface area contributed by atoms with Crippen LogP contribution in [-0.2, 0) is 33.8 Å². The number of sulfone groups is 1. The molecule has 0 saturated heterocycles. The Kier molecular flexibility index (Phi) is 8.80. The predicted octanol–water partition coefficient (Wildman–Crippen LogP) is 5.61. The van der Waals surface area contributed by atoms with Crippen LogP contribution in [0.1, 0.15) is 75.1 Å². The van der Waals surface area contributed by atoms with Crippen LogP contribution in [0.3, 0.4) is 0 Å². The number of ether oxygens (including phenoxy) is 1. The summed E-state index contributed by atoms with van der Waals surface area (Å²) in [7, 11) is -2.92. The van der Waals surface area contributed by atoms with Crippen LogP contribution in [0.5, 0.6) is 0 Å². The summed E-state index contributed by atoms with van der Waals surface area (Å²) in [6.45, 7) is 7.33. The summed E-state index contributed by atoms with van der Waals surface area (Å²) in [5, 5.41) is 3.15. The Hall–Kier alpha value is -2.34. The number of nitrogens with one attached hydrogen (secondary N) is 1. The van der Waals surface area contributed by atoms with Gasteiger partial charge in [-0.05, 0) is 81.5 Å². The number of fused-ring (bicyclic) bond motifs is 1. The molecular weight excluding hydrogens is 446 g/mol. The average molecular weight is 486 g/mol. The van der Waals surface area contributed by atoms with Gasteiger partial charge in [0.25, 0.3) is 0 Å². The van der Waals surface area contributed by atoms with Crippen molar-refractivity contribution in [1.29, 1.82) is 0 Å². The number of alkyl carbamates (subject to hydrolysis) is 1. The van der Waals surface area contributed by atoms with Gasteiger partial charge in [0.1, 0.15) is 15.4 Å². The van der Waals surface area contributed by atoms with Crippen molar-refractivity contribution in [3.63, 3.8) is 0 Å². The van der Waals surface area contributed by atoms with Crippen LogP contribution in [0.15, 0.2) is 48.5 Å². The quantitative estimate of drug-likeness (QED) is 0.469. The molecule has 0 bridgehead atoms. The molecule has 0 aromatic heterocycles. The van der Waals surface area contributed by atoms with E-state index in [9.17, 15) is 13.2 Å². The first-order chi connectivity index (χ1) is 16.1. The first kappa shape index (κ1) is 26.3. The van der Waals surface area contributed by atoms with E-state index in [1.54, 1.807) is 6.92 Å². The predicted molar refractivity (Wildman–Crippen MR) is 138 cm³/mol. The van der Waals surface area contributed by atoms with Crippen LogP contribution in [-0.4, -0.2) is 37.7 Å². The molecule has 34 heavy (non-hydrogen) atoms. The van der Waals surface area contributed by atoms with Crippen molar-refractivity contribution in [2.75, 3.05) is 11.5 Å². The number of rotatable bonds is 9. The number of aryl methyl sites for hydroxylation is 2. The fourth-order valence-corrected chi connectivity index (χ4v) is 5.58. The molecule has 0 spiro atoms. The molecule has 6 heteroatoms. The summed E-state index contributed by atoms with van der Waals surface area (Å²) in [5.41, 5.74) is 4.55. The molecule has 1 aliphatic rings. The van der Waals surface area contributed by atoms with Gasteiger partial charge in [-0.2, -0.15) is 0 Å². The van der Waals surface area contributed by atoms with E-state index in [-0.39, 0.29) is 29.6 Å². The molecule has 0 radical (unpaired) electrons. The van der Waals surface area contributed by atoms with Gasteiger partial charge in [-0.15, -0.1) is 0 Å². The first-order valence-electron chi connectivity index (χ1n) is 12.4. The van der Waals surface area contributed by atoms with Crippen LogP contribution in [0, 0.1) is 0 Å². The van der Waals surface area contributed by atoms with Crippen molar-refractivity contribution in [2.45, 2.75) is 83.8 Å². The van der Waals surface area contributed by atoms with E-state index in [0.29, 0.717) is 6.42 Å². The number of benzene rings is 2. The second-order valence-corrected chi connectivity index (χ2v) is 12.8. The maximum Gasteiger partial charge on any atom is 0.407 e. The van der Waals surface area contributed by atoms with Gasteiger partial charge in [-0.3, -0.25) is 0 Å². The number of unbranched alkanes of at least 4 members (excludes halogenated alkanes) is 1. The largest absolute Gasteiger partial charge is 0.444 e. The van der Waals surface area contributed by atoms with E-state index in [1.165, 1.54) is 22.3 Å². The zero-order valence-corrected chi connectivity index (χ0v) is 21.8. The molecule has 5 nitrogen and oxygen atoms in total. The molecule has 2 unspecified atom stereocenters. The third-order valence-electron chi connectivity index (χ3n) is 6.43. The van der Waals surface area contributed by atoms with Crippen LogP contribution < -0.4 is 5.32 Å². The third-order valence-corrected chi connectivity index (χ3v) is 8.22. The molecule has 2 aromatic carbocycles. The van der Waals surface area contributed by atoms with Crippen LogP contribution in [0.2, 0.25) is 0 Å². The topological polar surface area (TPSA) is 72.5 Å². The summed E-state index contributed by atoms with van der Waals surface area (Å²) >= 11 is 0. The Morgan fingerprint density at radius 3 is 2.47 bits per heavy atom. The van der Waals surface area contributed by atoms with E-state index < -0.39 is 15.4 Å². The standard InChI is InChI=1S/C28H39NO4S/c1-5-34(31,32)18-10-9-13-22-14-15-23-16-17-26(29-27(30)33-28(2,3)4)25(24(23)19-22)20-21-11-7-6-8-12-21/h6-8,11-12,14-15,19,25-26H,5,9-10,13,16-18,20H2,1-4H3,(H,29,30). The fraction of sp³-hybridized carbons (Fsp3) is 0.536. The van der Waals surface area contributed by atoms with Gasteiger partial charge in [-0.25, -0.2) is 13.2 Å². The highest BCUT2D eigenvalue weighted by Crippen LogP contribution is 2.35. The summed E-state index contributed by atoms with van der Waals surface area (Å²) in [6, 6.07) is 17.1. The second kappa shape index (κ2) is 11.4. The molecule has 1 aliphatic carbocycles. The van der Waals surface area contributed by atoms with E-state index in [0.717, 1.165) is 32.1 Å². The summed E-state index contributed by atoms with van der Waals surface area (Å²) in [5.74, 6) is 0.616. The van der Waals surface area contributed by atoms with Crippen LogP contribution in [0.25, 0.3) is 0 Å². The molecule has 0 heterocycles. The maximum absolute atomic E-state index is 12.6. The third kappa shape index (κ3) is 7.86. The van der Waals surface area contributed by atoms with Gasteiger partial charge < -0.3 is 10.1 Å². The Morgan fingerprint density at radius 2 is 1.79 bits per heavy atom. The molecule has 2 aromatic rings. The number of amides is 1. The lowest BCUT2D eigenvalue weighted by Gasteiger charge is -2.35. The minimum Gasteiger partial charge on any atom is -0.444 e. The van der Waals surface area contributed by atoms with E-state index in [1.807, 2.05) is 26.8 Å². The highest BCUT2D eigenvalue weighted by atomic mass is 32.2. The van der Waals surface area contributed by atoms with E-state index >= 15 is 0 Å². The molecule has 186 valence electrons. The molecule has 2 atom stereocenters. The first-order valence-corrected chi connectivity index (χ1v) is 14.2. The van der Waals surface area contributed by atoms with Crippen LogP contribution in [0.4, 0.5) is 4.79 Å². The smallest absolute Gasteiger partial charge is 0.407 e. The summed E-state index contributed by atoms with van der Waals surface area (Å²) in [6.07, 6.45) is 4.65. The minimum atomic E-state index is -2.92. The molecule has 0 aliphatic heterocycles.